The van der Waals surface area contributed by atoms with E-state index in [1.807, 2.05) is 0 Å². The third-order valence-electron chi connectivity index (χ3n) is 2.81. The first kappa shape index (κ1) is 15.6. The van der Waals surface area contributed by atoms with Crippen molar-refractivity contribution in [3.05, 3.63) is 33.1 Å². The number of nitrogens with two attached hydrogens (primary N) is 1. The van der Waals surface area contributed by atoms with E-state index in [-0.39, 0.29) is 24.6 Å². The second-order valence-electron chi connectivity index (χ2n) is 4.16. The number of nitrogens with zero attached hydrogens (tertiary/aromatic N) is 2. The van der Waals surface area contributed by atoms with E-state index in [1.165, 1.54) is 16.8 Å². The van der Waals surface area contributed by atoms with Crippen LogP contribution in [0.5, 0.6) is 0 Å². The third-order valence-corrected chi connectivity index (χ3v) is 4.49. The van der Waals surface area contributed by atoms with Crippen LogP contribution < -0.4 is 17.0 Å². The van der Waals surface area contributed by atoms with Crippen molar-refractivity contribution in [3.8, 4) is 0 Å². The van der Waals surface area contributed by atoms with E-state index in [1.54, 1.807) is 6.92 Å². The van der Waals surface area contributed by atoms with Crippen molar-refractivity contribution >= 4 is 9.84 Å². The lowest BCUT2D eigenvalue weighted by Gasteiger charge is -2.09. The average Bonchev–Trinajstić information content (AvgIpc) is 2.38. The minimum atomic E-state index is -3.14. The van der Waals surface area contributed by atoms with E-state index >= 15 is 0 Å². The van der Waals surface area contributed by atoms with Crippen LogP contribution in [0.1, 0.15) is 13.3 Å². The molecule has 0 unspecified atom stereocenters. The first-order valence-electron chi connectivity index (χ1n) is 6.12. The summed E-state index contributed by atoms with van der Waals surface area (Å²) in [6.45, 7) is 2.23. The van der Waals surface area contributed by atoms with E-state index in [0.717, 1.165) is 4.57 Å². The van der Waals surface area contributed by atoms with Crippen LogP contribution in [-0.4, -0.2) is 35.6 Å². The topological polar surface area (TPSA) is 104 Å². The molecule has 0 amide bonds. The van der Waals surface area contributed by atoms with E-state index in [9.17, 15) is 18.0 Å². The molecule has 0 saturated heterocycles. The fraction of sp³-hybridized carbons (Fsp3) is 0.636. The smallest absolute Gasteiger partial charge is 0.330 e. The molecule has 1 aromatic rings. The van der Waals surface area contributed by atoms with Gasteiger partial charge in [0, 0.05) is 31.1 Å². The molecule has 0 fully saturated rings. The van der Waals surface area contributed by atoms with Gasteiger partial charge < -0.3 is 5.73 Å². The molecule has 108 valence electrons. The minimum Gasteiger partial charge on any atom is -0.330 e. The number of rotatable bonds is 7. The molecule has 1 heterocycles. The van der Waals surface area contributed by atoms with Crippen molar-refractivity contribution in [1.29, 1.82) is 0 Å². The molecule has 1 rings (SSSR count). The van der Waals surface area contributed by atoms with Crippen molar-refractivity contribution in [2.24, 2.45) is 5.73 Å². The highest BCUT2D eigenvalue weighted by Gasteiger charge is 2.10. The molecule has 19 heavy (non-hydrogen) atoms. The van der Waals surface area contributed by atoms with Gasteiger partial charge in [0.2, 0.25) is 0 Å². The van der Waals surface area contributed by atoms with Crippen LogP contribution in [0.25, 0.3) is 0 Å². The third kappa shape index (κ3) is 4.32. The number of hydrogen-bond donors (Lipinski definition) is 1. The Labute approximate surface area is 111 Å². The number of aryl methyl sites for hydroxylation is 1. The molecule has 0 saturated carbocycles. The Bertz CT molecular complexity index is 630. The minimum absolute atomic E-state index is 0.0363. The highest BCUT2D eigenvalue weighted by molar-refractivity contribution is 7.91. The molecule has 0 radical (unpaired) electrons. The largest absolute Gasteiger partial charge is 0.330 e. The average molecular weight is 289 g/mol. The van der Waals surface area contributed by atoms with Crippen LogP contribution in [0.15, 0.2) is 21.9 Å². The van der Waals surface area contributed by atoms with Gasteiger partial charge in [0.25, 0.3) is 5.56 Å². The molecular weight excluding hydrogens is 270 g/mol. The lowest BCUT2D eigenvalue weighted by atomic mass is 10.4. The van der Waals surface area contributed by atoms with Crippen LogP contribution in [0.2, 0.25) is 0 Å². The molecule has 0 spiro atoms. The Morgan fingerprint density at radius 1 is 1.26 bits per heavy atom. The van der Waals surface area contributed by atoms with Gasteiger partial charge in [-0.1, -0.05) is 6.92 Å². The summed E-state index contributed by atoms with van der Waals surface area (Å²) < 4.78 is 25.1. The molecular formula is C11H19N3O4S. The van der Waals surface area contributed by atoms with Gasteiger partial charge in [-0.25, -0.2) is 13.2 Å². The summed E-state index contributed by atoms with van der Waals surface area (Å²) in [6.07, 6.45) is 1.85. The van der Waals surface area contributed by atoms with Gasteiger partial charge in [0.05, 0.1) is 5.75 Å². The van der Waals surface area contributed by atoms with Gasteiger partial charge >= 0.3 is 5.69 Å². The zero-order valence-electron chi connectivity index (χ0n) is 10.9. The lowest BCUT2D eigenvalue weighted by Crippen LogP contribution is -2.40. The molecule has 1 aromatic heterocycles. The zero-order chi connectivity index (χ0) is 14.5. The van der Waals surface area contributed by atoms with Crippen LogP contribution in [-0.2, 0) is 22.9 Å². The molecule has 0 aliphatic heterocycles. The molecule has 2 N–H and O–H groups in total. The van der Waals surface area contributed by atoms with Crippen molar-refractivity contribution in [1.82, 2.24) is 9.13 Å². The molecule has 7 nitrogen and oxygen atoms in total. The quantitative estimate of drug-likeness (QED) is 0.678. The van der Waals surface area contributed by atoms with Crippen molar-refractivity contribution in [2.75, 3.05) is 18.1 Å². The molecule has 0 aromatic carbocycles. The summed E-state index contributed by atoms with van der Waals surface area (Å²) in [5.74, 6) is -0.0763. The highest BCUT2D eigenvalue weighted by Crippen LogP contribution is 1.91. The molecule has 8 heteroatoms. The fourth-order valence-corrected chi connectivity index (χ4v) is 2.33. The van der Waals surface area contributed by atoms with Gasteiger partial charge in [-0.05, 0) is 13.0 Å². The van der Waals surface area contributed by atoms with Gasteiger partial charge in [0.1, 0.15) is 0 Å². The Balaban J connectivity index is 2.98. The predicted octanol–water partition coefficient (Wildman–Crippen LogP) is -1.21. The van der Waals surface area contributed by atoms with Crippen LogP contribution >= 0.6 is 0 Å². The summed E-state index contributed by atoms with van der Waals surface area (Å²) >= 11 is 0. The summed E-state index contributed by atoms with van der Waals surface area (Å²) in [6, 6.07) is 1.26. The monoisotopic (exact) mass is 289 g/mol. The van der Waals surface area contributed by atoms with Crippen LogP contribution in [0.4, 0.5) is 0 Å². The van der Waals surface area contributed by atoms with Crippen molar-refractivity contribution in [3.63, 3.8) is 0 Å². The maximum Gasteiger partial charge on any atom is 0.330 e. The first-order chi connectivity index (χ1) is 8.91. The number of aromatic nitrogens is 2. The van der Waals surface area contributed by atoms with E-state index in [2.05, 4.69) is 0 Å². The Morgan fingerprint density at radius 3 is 2.53 bits per heavy atom. The normalized spacial score (nSPS) is 11.7. The molecule has 0 bridgehead atoms. The summed E-state index contributed by atoms with van der Waals surface area (Å²) in [7, 11) is -3.14. The Morgan fingerprint density at radius 2 is 1.95 bits per heavy atom. The predicted molar refractivity (Wildman–Crippen MR) is 73.0 cm³/mol. The van der Waals surface area contributed by atoms with E-state index in [0.29, 0.717) is 13.0 Å². The standard InChI is InChI=1S/C11H19N3O4S/c1-2-19(17,18)9-8-13-7-4-10(15)14(11(13)16)6-3-5-12/h4,7H,2-3,5-6,8-9,12H2,1H3. The van der Waals surface area contributed by atoms with Gasteiger partial charge in [-0.15, -0.1) is 0 Å². The van der Waals surface area contributed by atoms with E-state index in [4.69, 9.17) is 5.73 Å². The second-order valence-corrected chi connectivity index (χ2v) is 6.63. The van der Waals surface area contributed by atoms with Gasteiger partial charge in [-0.3, -0.25) is 13.9 Å². The summed E-state index contributed by atoms with van der Waals surface area (Å²) in [5, 5.41) is 0. The van der Waals surface area contributed by atoms with E-state index < -0.39 is 21.1 Å². The number of sulfone groups is 1. The van der Waals surface area contributed by atoms with Crippen molar-refractivity contribution < 1.29 is 8.42 Å². The second kappa shape index (κ2) is 6.67. The Hall–Kier alpha value is -1.41. The maximum absolute atomic E-state index is 12.0. The fourth-order valence-electron chi connectivity index (χ4n) is 1.56. The Kier molecular flexibility index (Phi) is 5.49. The first-order valence-corrected chi connectivity index (χ1v) is 7.94. The zero-order valence-corrected chi connectivity index (χ0v) is 11.7. The maximum atomic E-state index is 12.0. The lowest BCUT2D eigenvalue weighted by molar-refractivity contribution is 0.543. The molecule has 0 atom stereocenters. The van der Waals surface area contributed by atoms with Crippen LogP contribution in [0, 0.1) is 0 Å². The molecule has 0 aliphatic carbocycles. The summed E-state index contributed by atoms with van der Waals surface area (Å²) in [5.41, 5.74) is 4.46. The SMILES string of the molecule is CCS(=O)(=O)CCn1ccc(=O)n(CCCN)c1=O. The van der Waals surface area contributed by atoms with Crippen molar-refractivity contribution in [2.45, 2.75) is 26.4 Å². The summed E-state index contributed by atoms with van der Waals surface area (Å²) in [4.78, 5) is 23.5. The highest BCUT2D eigenvalue weighted by atomic mass is 32.2. The van der Waals surface area contributed by atoms with Crippen LogP contribution in [0.3, 0.4) is 0 Å². The molecule has 0 aliphatic rings. The van der Waals surface area contributed by atoms with Gasteiger partial charge in [-0.2, -0.15) is 0 Å². The number of hydrogen-bond acceptors (Lipinski definition) is 5. The van der Waals surface area contributed by atoms with Gasteiger partial charge in [0.15, 0.2) is 9.84 Å².